The van der Waals surface area contributed by atoms with Gasteiger partial charge >= 0.3 is 0 Å². The lowest BCUT2D eigenvalue weighted by Gasteiger charge is -2.18. The minimum absolute atomic E-state index is 0.0363. The van der Waals surface area contributed by atoms with Gasteiger partial charge in [0.2, 0.25) is 0 Å². The average Bonchev–Trinajstić information content (AvgIpc) is 2.37. The van der Waals surface area contributed by atoms with Crippen LogP contribution in [-0.2, 0) is 23.0 Å². The normalized spacial score (nSPS) is 15.6. The molecule has 1 N–H and O–H groups in total. The minimum Gasteiger partial charge on any atom is -0.282 e. The van der Waals surface area contributed by atoms with Crippen molar-refractivity contribution < 1.29 is 13.0 Å². The third kappa shape index (κ3) is 1.91. The van der Waals surface area contributed by atoms with Crippen LogP contribution in [0.4, 0.5) is 0 Å². The molecule has 3 nitrogen and oxygen atoms in total. The summed E-state index contributed by atoms with van der Waals surface area (Å²) >= 11 is 0. The molecule has 2 aromatic carbocycles. The summed E-state index contributed by atoms with van der Waals surface area (Å²) in [6, 6.07) is 8.84. The molecule has 4 heteroatoms. The fraction of sp³-hybridized carbons (Fsp3) is 0.286. The summed E-state index contributed by atoms with van der Waals surface area (Å²) in [6.07, 6.45) is 4.57. The summed E-state index contributed by atoms with van der Waals surface area (Å²) in [6.45, 7) is 0. The first-order valence-electron chi connectivity index (χ1n) is 6.08. The molecular weight excluding hydrogens is 248 g/mol. The lowest BCUT2D eigenvalue weighted by Crippen LogP contribution is -2.04. The summed E-state index contributed by atoms with van der Waals surface area (Å²) in [4.78, 5) is -0.0363. The highest BCUT2D eigenvalue weighted by Crippen LogP contribution is 2.30. The largest absolute Gasteiger partial charge is 0.294 e. The predicted octanol–water partition coefficient (Wildman–Crippen LogP) is 2.97. The molecule has 0 saturated carbocycles. The third-order valence-corrected chi connectivity index (χ3v) is 4.47. The molecule has 2 aromatic rings. The number of hydrogen-bond donors (Lipinski definition) is 1. The number of benzene rings is 2. The first-order chi connectivity index (χ1) is 8.55. The van der Waals surface area contributed by atoms with Crippen LogP contribution in [0.5, 0.6) is 0 Å². The first kappa shape index (κ1) is 11.7. The van der Waals surface area contributed by atoms with Gasteiger partial charge in [-0.2, -0.15) is 8.42 Å². The first-order valence-corrected chi connectivity index (χ1v) is 7.52. The highest BCUT2D eigenvalue weighted by molar-refractivity contribution is 7.85. The molecule has 0 aliphatic heterocycles. The zero-order valence-corrected chi connectivity index (χ0v) is 10.7. The van der Waals surface area contributed by atoms with E-state index in [1.54, 1.807) is 6.07 Å². The Morgan fingerprint density at radius 2 is 1.78 bits per heavy atom. The Morgan fingerprint density at radius 1 is 1.00 bits per heavy atom. The Hall–Kier alpha value is -1.39. The molecular formula is C14H14O3S. The Labute approximate surface area is 106 Å². The molecule has 1 aliphatic carbocycles. The van der Waals surface area contributed by atoms with E-state index in [1.807, 2.05) is 12.1 Å². The van der Waals surface area contributed by atoms with Crippen LogP contribution in [0.25, 0.3) is 10.8 Å². The molecule has 0 aromatic heterocycles. The highest BCUT2D eigenvalue weighted by Gasteiger charge is 2.15. The molecule has 0 fully saturated rings. The van der Waals surface area contributed by atoms with E-state index in [0.717, 1.165) is 23.6 Å². The van der Waals surface area contributed by atoms with E-state index in [0.29, 0.717) is 0 Å². The Bertz CT molecular complexity index is 717. The minimum atomic E-state index is -4.12. The van der Waals surface area contributed by atoms with Crippen LogP contribution in [0.15, 0.2) is 35.2 Å². The van der Waals surface area contributed by atoms with Crippen LogP contribution in [-0.4, -0.2) is 13.0 Å². The van der Waals surface area contributed by atoms with Crippen LogP contribution in [0.3, 0.4) is 0 Å². The van der Waals surface area contributed by atoms with Crippen LogP contribution >= 0.6 is 0 Å². The zero-order valence-electron chi connectivity index (χ0n) is 9.89. The maximum Gasteiger partial charge on any atom is 0.294 e. The van der Waals surface area contributed by atoms with Crippen LogP contribution < -0.4 is 0 Å². The van der Waals surface area contributed by atoms with Gasteiger partial charge in [0.1, 0.15) is 0 Å². The monoisotopic (exact) mass is 262 g/mol. The van der Waals surface area contributed by atoms with Crippen molar-refractivity contribution >= 4 is 20.9 Å². The van der Waals surface area contributed by atoms with Gasteiger partial charge in [0, 0.05) is 0 Å². The van der Waals surface area contributed by atoms with Gasteiger partial charge in [-0.1, -0.05) is 18.2 Å². The van der Waals surface area contributed by atoms with E-state index in [2.05, 4.69) is 6.07 Å². The maximum absolute atomic E-state index is 11.1. The van der Waals surface area contributed by atoms with E-state index >= 15 is 0 Å². The van der Waals surface area contributed by atoms with Crippen molar-refractivity contribution in [1.29, 1.82) is 0 Å². The van der Waals surface area contributed by atoms with Crippen LogP contribution in [0.2, 0.25) is 0 Å². The Balaban J connectivity index is 2.26. The number of fused-ring (bicyclic) bond motifs is 3. The molecule has 0 spiro atoms. The standard InChI is InChI=1S/C14H14O3S/c15-18(16,17)12-7-8-14-11(9-12)6-5-10-3-1-2-4-13(10)14/h5-9H,1-4H2,(H,15,16,17). The van der Waals surface area contributed by atoms with Crippen molar-refractivity contribution in [3.8, 4) is 0 Å². The molecule has 1 aliphatic rings. The van der Waals surface area contributed by atoms with Gasteiger partial charge in [-0.05, 0) is 59.7 Å². The molecule has 0 amide bonds. The Morgan fingerprint density at radius 3 is 2.56 bits per heavy atom. The summed E-state index contributed by atoms with van der Waals surface area (Å²) < 4.78 is 31.3. The highest BCUT2D eigenvalue weighted by atomic mass is 32.2. The van der Waals surface area contributed by atoms with Crippen LogP contribution in [0.1, 0.15) is 24.0 Å². The molecule has 0 heterocycles. The molecule has 0 saturated heterocycles. The molecule has 18 heavy (non-hydrogen) atoms. The smallest absolute Gasteiger partial charge is 0.282 e. The Kier molecular flexibility index (Phi) is 2.64. The van der Waals surface area contributed by atoms with E-state index in [9.17, 15) is 8.42 Å². The molecule has 3 rings (SSSR count). The van der Waals surface area contributed by atoms with E-state index < -0.39 is 10.1 Å². The molecule has 94 valence electrons. The van der Waals surface area contributed by atoms with Crippen molar-refractivity contribution in [2.45, 2.75) is 30.6 Å². The van der Waals surface area contributed by atoms with Gasteiger partial charge in [-0.3, -0.25) is 4.55 Å². The molecule has 0 bridgehead atoms. The number of rotatable bonds is 1. The number of hydrogen-bond acceptors (Lipinski definition) is 2. The zero-order chi connectivity index (χ0) is 12.8. The average molecular weight is 262 g/mol. The van der Waals surface area contributed by atoms with E-state index in [1.165, 1.54) is 30.0 Å². The van der Waals surface area contributed by atoms with Gasteiger partial charge in [0.15, 0.2) is 0 Å². The topological polar surface area (TPSA) is 54.4 Å². The fourth-order valence-corrected chi connectivity index (χ4v) is 3.24. The van der Waals surface area contributed by atoms with Crippen molar-refractivity contribution in [1.82, 2.24) is 0 Å². The fourth-order valence-electron chi connectivity index (χ4n) is 2.72. The van der Waals surface area contributed by atoms with E-state index in [-0.39, 0.29) is 4.90 Å². The second-order valence-electron chi connectivity index (χ2n) is 4.77. The van der Waals surface area contributed by atoms with Gasteiger partial charge < -0.3 is 0 Å². The van der Waals surface area contributed by atoms with Gasteiger partial charge in [-0.25, -0.2) is 0 Å². The van der Waals surface area contributed by atoms with Crippen molar-refractivity contribution in [2.24, 2.45) is 0 Å². The molecule has 0 atom stereocenters. The second-order valence-corrected chi connectivity index (χ2v) is 6.19. The SMILES string of the molecule is O=S(=O)(O)c1ccc2c3c(ccc2c1)CCCC3. The van der Waals surface area contributed by atoms with Crippen molar-refractivity contribution in [2.75, 3.05) is 0 Å². The quantitative estimate of drug-likeness (QED) is 0.804. The van der Waals surface area contributed by atoms with E-state index in [4.69, 9.17) is 4.55 Å². The summed E-state index contributed by atoms with van der Waals surface area (Å²) in [5.41, 5.74) is 2.70. The van der Waals surface area contributed by atoms with Crippen molar-refractivity contribution in [3.05, 3.63) is 41.5 Å². The lowest BCUT2D eigenvalue weighted by atomic mass is 9.88. The molecule has 0 radical (unpaired) electrons. The third-order valence-electron chi connectivity index (χ3n) is 3.62. The number of aryl methyl sites for hydroxylation is 2. The molecule has 0 unspecified atom stereocenters. The summed E-state index contributed by atoms with van der Waals surface area (Å²) in [5, 5.41) is 1.99. The van der Waals surface area contributed by atoms with Gasteiger partial charge in [0.05, 0.1) is 4.90 Å². The maximum atomic E-state index is 11.1. The van der Waals surface area contributed by atoms with Crippen LogP contribution in [0, 0.1) is 0 Å². The predicted molar refractivity (Wildman–Crippen MR) is 70.4 cm³/mol. The van der Waals surface area contributed by atoms with Gasteiger partial charge in [-0.15, -0.1) is 0 Å². The second kappa shape index (κ2) is 4.07. The summed E-state index contributed by atoms with van der Waals surface area (Å²) in [7, 11) is -4.12. The summed E-state index contributed by atoms with van der Waals surface area (Å²) in [5.74, 6) is 0. The van der Waals surface area contributed by atoms with Crippen molar-refractivity contribution in [3.63, 3.8) is 0 Å². The van der Waals surface area contributed by atoms with Gasteiger partial charge in [0.25, 0.3) is 10.1 Å². The lowest BCUT2D eigenvalue weighted by molar-refractivity contribution is 0.483.